The maximum Gasteiger partial charge on any atom is 0.311 e. The van der Waals surface area contributed by atoms with Gasteiger partial charge in [0.15, 0.2) is 0 Å². The van der Waals surface area contributed by atoms with Gasteiger partial charge in [0.25, 0.3) is 0 Å². The first-order valence-corrected chi connectivity index (χ1v) is 7.17. The summed E-state index contributed by atoms with van der Waals surface area (Å²) in [7, 11) is 0. The molecule has 0 bridgehead atoms. The molecule has 5 heteroatoms. The number of carboxylic acid groups (broad SMARTS) is 1. The van der Waals surface area contributed by atoms with E-state index in [1.165, 1.54) is 0 Å². The van der Waals surface area contributed by atoms with Gasteiger partial charge in [-0.3, -0.25) is 9.59 Å². The summed E-state index contributed by atoms with van der Waals surface area (Å²) in [6, 6.07) is 5.45. The summed E-state index contributed by atoms with van der Waals surface area (Å²) in [6.45, 7) is 6.96. The highest BCUT2D eigenvalue weighted by atomic mass is 16.4. The highest BCUT2D eigenvalue weighted by Crippen LogP contribution is 2.40. The van der Waals surface area contributed by atoms with E-state index >= 15 is 0 Å². The number of aryl methyl sites for hydroxylation is 1. The number of carbonyl (C=O) groups is 2. The van der Waals surface area contributed by atoms with Gasteiger partial charge in [0.1, 0.15) is 0 Å². The fraction of sp³-hybridized carbons (Fsp3) is 0.500. The molecule has 1 atom stereocenters. The zero-order chi connectivity index (χ0) is 15.8. The molecular formula is C16H22N2O3. The second-order valence-corrected chi connectivity index (χ2v) is 6.15. The van der Waals surface area contributed by atoms with Crippen molar-refractivity contribution in [2.45, 2.75) is 27.2 Å². The van der Waals surface area contributed by atoms with Crippen LogP contribution in [0, 0.1) is 18.3 Å². The van der Waals surface area contributed by atoms with Gasteiger partial charge in [-0.05, 0) is 43.0 Å². The van der Waals surface area contributed by atoms with Gasteiger partial charge < -0.3 is 15.7 Å². The van der Waals surface area contributed by atoms with E-state index in [1.54, 1.807) is 6.07 Å². The monoisotopic (exact) mass is 290 g/mol. The fourth-order valence-electron chi connectivity index (χ4n) is 3.07. The summed E-state index contributed by atoms with van der Waals surface area (Å²) in [5, 5.41) is 9.58. The van der Waals surface area contributed by atoms with E-state index in [9.17, 15) is 14.7 Å². The van der Waals surface area contributed by atoms with Crippen LogP contribution in [-0.4, -0.2) is 30.1 Å². The van der Waals surface area contributed by atoms with Gasteiger partial charge in [-0.15, -0.1) is 0 Å². The molecule has 21 heavy (non-hydrogen) atoms. The van der Waals surface area contributed by atoms with Crippen molar-refractivity contribution in [3.63, 3.8) is 0 Å². The molecule has 2 rings (SSSR count). The van der Waals surface area contributed by atoms with Gasteiger partial charge in [-0.25, -0.2) is 0 Å². The van der Waals surface area contributed by atoms with Crippen LogP contribution in [0.5, 0.6) is 0 Å². The summed E-state index contributed by atoms with van der Waals surface area (Å²) in [5.41, 5.74) is 6.88. The van der Waals surface area contributed by atoms with E-state index in [4.69, 9.17) is 5.73 Å². The molecule has 1 unspecified atom stereocenters. The molecule has 1 heterocycles. The normalized spacial score (nSPS) is 21.8. The molecule has 1 amide bonds. The van der Waals surface area contributed by atoms with Crippen molar-refractivity contribution in [1.82, 2.24) is 0 Å². The minimum Gasteiger partial charge on any atom is -0.481 e. The number of carboxylic acids is 1. The van der Waals surface area contributed by atoms with Crippen LogP contribution in [0.1, 0.15) is 36.2 Å². The number of rotatable bonds is 4. The number of amides is 1. The predicted octanol–water partition coefficient (Wildman–Crippen LogP) is 2.03. The molecular weight excluding hydrogens is 268 g/mol. The average Bonchev–Trinajstić information content (AvgIpc) is 2.84. The third-order valence-corrected chi connectivity index (χ3v) is 4.67. The van der Waals surface area contributed by atoms with Gasteiger partial charge >= 0.3 is 5.97 Å². The Morgan fingerprint density at radius 1 is 1.38 bits per heavy atom. The van der Waals surface area contributed by atoms with Gasteiger partial charge in [0, 0.05) is 24.3 Å². The molecule has 0 spiro atoms. The molecule has 3 N–H and O–H groups in total. The van der Waals surface area contributed by atoms with Crippen molar-refractivity contribution in [3.8, 4) is 0 Å². The number of benzene rings is 1. The number of anilines is 1. The van der Waals surface area contributed by atoms with Crippen LogP contribution in [0.4, 0.5) is 5.69 Å². The fourth-order valence-corrected chi connectivity index (χ4v) is 3.07. The Kier molecular flexibility index (Phi) is 3.94. The van der Waals surface area contributed by atoms with Crippen molar-refractivity contribution in [1.29, 1.82) is 0 Å². The number of hydrogen-bond donors (Lipinski definition) is 2. The zero-order valence-electron chi connectivity index (χ0n) is 12.7. The Labute approximate surface area is 124 Å². The van der Waals surface area contributed by atoms with Crippen molar-refractivity contribution in [3.05, 3.63) is 29.3 Å². The molecule has 1 aliphatic rings. The standard InChI is InChI=1S/C16H22N2O3/c1-10(2)16(15(20)21)6-7-18(9-16)12-4-5-13(14(17)19)11(3)8-12/h4-5,8,10H,6-7,9H2,1-3H3,(H2,17,19)(H,20,21). The van der Waals surface area contributed by atoms with Crippen molar-refractivity contribution >= 4 is 17.6 Å². The minimum absolute atomic E-state index is 0.0750. The largest absolute Gasteiger partial charge is 0.481 e. The second-order valence-electron chi connectivity index (χ2n) is 6.15. The highest BCUT2D eigenvalue weighted by molar-refractivity contribution is 5.94. The topological polar surface area (TPSA) is 83.6 Å². The van der Waals surface area contributed by atoms with Gasteiger partial charge in [0.05, 0.1) is 5.41 Å². The van der Waals surface area contributed by atoms with E-state index in [-0.39, 0.29) is 5.92 Å². The third kappa shape index (κ3) is 2.60. The average molecular weight is 290 g/mol. The van der Waals surface area contributed by atoms with E-state index in [1.807, 2.05) is 32.9 Å². The molecule has 0 aromatic heterocycles. The lowest BCUT2D eigenvalue weighted by Crippen LogP contribution is -2.39. The van der Waals surface area contributed by atoms with Crippen LogP contribution < -0.4 is 10.6 Å². The number of hydrogen-bond acceptors (Lipinski definition) is 3. The summed E-state index contributed by atoms with van der Waals surface area (Å²) >= 11 is 0. The Bertz CT molecular complexity index is 583. The molecule has 114 valence electrons. The summed E-state index contributed by atoms with van der Waals surface area (Å²) in [4.78, 5) is 25.0. The molecule has 0 saturated carbocycles. The number of aliphatic carboxylic acids is 1. The second kappa shape index (κ2) is 5.39. The van der Waals surface area contributed by atoms with Crippen LogP contribution in [0.3, 0.4) is 0 Å². The SMILES string of the molecule is Cc1cc(N2CCC(C(=O)O)(C(C)C)C2)ccc1C(N)=O. The molecule has 0 aliphatic carbocycles. The third-order valence-electron chi connectivity index (χ3n) is 4.67. The van der Waals surface area contributed by atoms with Crippen LogP contribution in [0.15, 0.2) is 18.2 Å². The quantitative estimate of drug-likeness (QED) is 0.888. The molecule has 0 radical (unpaired) electrons. The molecule has 1 aromatic rings. The molecule has 1 aliphatic heterocycles. The molecule has 1 fully saturated rings. The Morgan fingerprint density at radius 3 is 2.48 bits per heavy atom. The number of nitrogens with zero attached hydrogens (tertiary/aromatic N) is 1. The Balaban J connectivity index is 2.28. The van der Waals surface area contributed by atoms with E-state index in [0.29, 0.717) is 25.1 Å². The van der Waals surface area contributed by atoms with E-state index in [0.717, 1.165) is 11.3 Å². The summed E-state index contributed by atoms with van der Waals surface area (Å²) < 4.78 is 0. The van der Waals surface area contributed by atoms with Crippen molar-refractivity contribution < 1.29 is 14.7 Å². The Morgan fingerprint density at radius 2 is 2.05 bits per heavy atom. The van der Waals surface area contributed by atoms with Gasteiger partial charge in [-0.2, -0.15) is 0 Å². The molecule has 1 aromatic carbocycles. The van der Waals surface area contributed by atoms with Crippen LogP contribution in [0.2, 0.25) is 0 Å². The molecule has 5 nitrogen and oxygen atoms in total. The number of nitrogens with two attached hydrogens (primary N) is 1. The minimum atomic E-state index is -0.731. The first-order chi connectivity index (χ1) is 9.78. The Hall–Kier alpha value is -2.04. The lowest BCUT2D eigenvalue weighted by Gasteiger charge is -2.29. The lowest BCUT2D eigenvalue weighted by atomic mass is 9.76. The number of carbonyl (C=O) groups excluding carboxylic acids is 1. The smallest absolute Gasteiger partial charge is 0.311 e. The molecule has 1 saturated heterocycles. The maximum absolute atomic E-state index is 11.7. The summed E-state index contributed by atoms with van der Waals surface area (Å²) in [5.74, 6) is -1.10. The van der Waals surface area contributed by atoms with E-state index < -0.39 is 17.3 Å². The van der Waals surface area contributed by atoms with E-state index in [2.05, 4.69) is 4.90 Å². The van der Waals surface area contributed by atoms with Crippen molar-refractivity contribution in [2.75, 3.05) is 18.0 Å². The van der Waals surface area contributed by atoms with Gasteiger partial charge in [0.2, 0.25) is 5.91 Å². The van der Waals surface area contributed by atoms with Crippen LogP contribution in [-0.2, 0) is 4.79 Å². The highest BCUT2D eigenvalue weighted by Gasteiger charge is 2.47. The van der Waals surface area contributed by atoms with Gasteiger partial charge in [-0.1, -0.05) is 13.8 Å². The zero-order valence-corrected chi connectivity index (χ0v) is 12.7. The maximum atomic E-state index is 11.7. The first-order valence-electron chi connectivity index (χ1n) is 7.17. The first kappa shape index (κ1) is 15.4. The van der Waals surface area contributed by atoms with Crippen molar-refractivity contribution in [2.24, 2.45) is 17.1 Å². The lowest BCUT2D eigenvalue weighted by molar-refractivity contribution is -0.150. The number of primary amides is 1. The van der Waals surface area contributed by atoms with Crippen LogP contribution >= 0.6 is 0 Å². The van der Waals surface area contributed by atoms with Crippen LogP contribution in [0.25, 0.3) is 0 Å². The predicted molar refractivity (Wildman–Crippen MR) is 81.4 cm³/mol. The summed E-state index contributed by atoms with van der Waals surface area (Å²) in [6.07, 6.45) is 0.636.